The molecule has 33 heavy (non-hydrogen) atoms. The second-order valence-corrected chi connectivity index (χ2v) is 10.0. The Labute approximate surface area is 197 Å². The van der Waals surface area contributed by atoms with E-state index in [1.165, 1.54) is 21.1 Å². The molecule has 0 spiro atoms. The average molecular weight is 490 g/mol. The molecule has 2 aromatic carbocycles. The highest BCUT2D eigenvalue weighted by atomic mass is 35.5. The van der Waals surface area contributed by atoms with Gasteiger partial charge in [-0.05, 0) is 61.4 Å². The molecule has 1 aliphatic rings. The number of benzene rings is 2. The van der Waals surface area contributed by atoms with Crippen LogP contribution in [0.15, 0.2) is 59.6 Å². The minimum atomic E-state index is -3.63. The number of rotatable bonds is 7. The second-order valence-electron chi connectivity index (χ2n) is 7.66. The number of nitrogens with zero attached hydrogens (tertiary/aromatic N) is 2. The lowest BCUT2D eigenvalue weighted by Gasteiger charge is -2.14. The quantitative estimate of drug-likeness (QED) is 0.527. The maximum absolute atomic E-state index is 13.0. The van der Waals surface area contributed by atoms with E-state index in [-0.39, 0.29) is 10.6 Å². The van der Waals surface area contributed by atoms with Crippen LogP contribution in [-0.4, -0.2) is 43.4 Å². The van der Waals surface area contributed by atoms with Crippen molar-refractivity contribution < 1.29 is 22.7 Å². The number of methoxy groups -OCH3 is 1. The largest absolute Gasteiger partial charge is 0.497 e. The van der Waals surface area contributed by atoms with Crippen LogP contribution in [0.3, 0.4) is 0 Å². The van der Waals surface area contributed by atoms with Gasteiger partial charge in [0, 0.05) is 31.4 Å². The monoisotopic (exact) mass is 489 g/mol. The van der Waals surface area contributed by atoms with Crippen LogP contribution in [0.25, 0.3) is 0 Å². The molecule has 1 N–H and O–H groups in total. The predicted molar refractivity (Wildman–Crippen MR) is 126 cm³/mol. The Hall–Kier alpha value is -3.01. The number of amides is 1. The van der Waals surface area contributed by atoms with E-state index in [9.17, 15) is 13.2 Å². The SMILES string of the molecule is COc1ccc(Oc2ccc(Cl)cc2NC(=O)c2cc(S(=O)(=O)N3CCCC3)cn2C)cc1. The third kappa shape index (κ3) is 5.00. The summed E-state index contributed by atoms with van der Waals surface area (Å²) in [6, 6.07) is 13.3. The van der Waals surface area contributed by atoms with E-state index < -0.39 is 15.9 Å². The molecule has 4 rings (SSSR count). The number of aromatic nitrogens is 1. The van der Waals surface area contributed by atoms with Crippen molar-refractivity contribution in [3.8, 4) is 17.2 Å². The fraction of sp³-hybridized carbons (Fsp3) is 0.261. The summed E-state index contributed by atoms with van der Waals surface area (Å²) in [4.78, 5) is 13.1. The van der Waals surface area contributed by atoms with Crippen LogP contribution in [-0.2, 0) is 17.1 Å². The smallest absolute Gasteiger partial charge is 0.272 e. The summed E-state index contributed by atoms with van der Waals surface area (Å²) >= 11 is 6.14. The number of carbonyl (C=O) groups is 1. The standard InChI is InChI=1S/C23H24ClN3O5S/c1-26-15-19(33(29,30)27-11-3-4-12-27)14-21(26)23(28)25-20-13-16(24)5-10-22(20)32-18-8-6-17(31-2)7-9-18/h5-10,13-15H,3-4,11-12H2,1-2H3,(H,25,28). The number of hydrogen-bond donors (Lipinski definition) is 1. The molecule has 8 nitrogen and oxygen atoms in total. The summed E-state index contributed by atoms with van der Waals surface area (Å²) in [5.74, 6) is 1.14. The van der Waals surface area contributed by atoms with Crippen molar-refractivity contribution in [2.24, 2.45) is 7.05 Å². The molecule has 1 amide bonds. The molecule has 2 heterocycles. The fourth-order valence-corrected chi connectivity index (χ4v) is 5.39. The highest BCUT2D eigenvalue weighted by Gasteiger charge is 2.29. The van der Waals surface area contributed by atoms with E-state index in [1.54, 1.807) is 56.6 Å². The first-order chi connectivity index (χ1) is 15.8. The molecule has 0 aliphatic carbocycles. The van der Waals surface area contributed by atoms with Crippen molar-refractivity contribution in [1.29, 1.82) is 0 Å². The van der Waals surface area contributed by atoms with Crippen molar-refractivity contribution in [3.63, 3.8) is 0 Å². The third-order valence-electron chi connectivity index (χ3n) is 5.39. The van der Waals surface area contributed by atoms with Crippen molar-refractivity contribution in [2.45, 2.75) is 17.7 Å². The van der Waals surface area contributed by atoms with E-state index in [2.05, 4.69) is 5.32 Å². The third-order valence-corrected chi connectivity index (χ3v) is 7.49. The number of anilines is 1. The summed E-state index contributed by atoms with van der Waals surface area (Å²) < 4.78 is 39.7. The zero-order valence-corrected chi connectivity index (χ0v) is 19.8. The molecule has 0 unspecified atom stereocenters. The fourth-order valence-electron chi connectivity index (χ4n) is 3.62. The highest BCUT2D eigenvalue weighted by molar-refractivity contribution is 7.89. The lowest BCUT2D eigenvalue weighted by Crippen LogP contribution is -2.27. The Morgan fingerprint density at radius 1 is 1.03 bits per heavy atom. The van der Waals surface area contributed by atoms with Crippen molar-refractivity contribution in [2.75, 3.05) is 25.5 Å². The molecular weight excluding hydrogens is 466 g/mol. The summed E-state index contributed by atoms with van der Waals surface area (Å²) in [6.07, 6.45) is 3.13. The summed E-state index contributed by atoms with van der Waals surface area (Å²) in [6.45, 7) is 0.987. The van der Waals surface area contributed by atoms with Crippen LogP contribution in [0, 0.1) is 0 Å². The summed E-state index contributed by atoms with van der Waals surface area (Å²) in [7, 11) is -0.425. The number of carbonyl (C=O) groups excluding carboxylic acids is 1. The Kier molecular flexibility index (Phi) is 6.64. The Balaban J connectivity index is 1.57. The van der Waals surface area contributed by atoms with E-state index in [1.807, 2.05) is 0 Å². The normalized spacial score (nSPS) is 14.3. The van der Waals surface area contributed by atoms with E-state index >= 15 is 0 Å². The van der Waals surface area contributed by atoms with Gasteiger partial charge in [-0.1, -0.05) is 11.6 Å². The van der Waals surface area contributed by atoms with Crippen LogP contribution < -0.4 is 14.8 Å². The van der Waals surface area contributed by atoms with E-state index in [0.29, 0.717) is 41.0 Å². The van der Waals surface area contributed by atoms with Crippen molar-refractivity contribution >= 4 is 33.2 Å². The highest BCUT2D eigenvalue weighted by Crippen LogP contribution is 2.33. The number of sulfonamides is 1. The summed E-state index contributed by atoms with van der Waals surface area (Å²) in [5.41, 5.74) is 0.552. The predicted octanol–water partition coefficient (Wildman–Crippen LogP) is 4.52. The number of hydrogen-bond acceptors (Lipinski definition) is 5. The Bertz CT molecular complexity index is 1270. The second kappa shape index (κ2) is 9.46. The van der Waals surface area contributed by atoms with Crippen molar-refractivity contribution in [1.82, 2.24) is 8.87 Å². The maximum atomic E-state index is 13.0. The van der Waals surface area contributed by atoms with Gasteiger partial charge >= 0.3 is 0 Å². The molecular formula is C23H24ClN3O5S. The van der Waals surface area contributed by atoms with Crippen molar-refractivity contribution in [3.05, 3.63) is 65.4 Å². The van der Waals surface area contributed by atoms with E-state index in [4.69, 9.17) is 21.1 Å². The average Bonchev–Trinajstić information content (AvgIpc) is 3.47. The van der Waals surface area contributed by atoms with Gasteiger partial charge in [-0.15, -0.1) is 0 Å². The molecule has 1 aromatic heterocycles. The minimum Gasteiger partial charge on any atom is -0.497 e. The van der Waals surface area contributed by atoms with Crippen LogP contribution in [0.2, 0.25) is 5.02 Å². The first kappa shape index (κ1) is 23.2. The molecule has 1 saturated heterocycles. The maximum Gasteiger partial charge on any atom is 0.272 e. The van der Waals surface area contributed by atoms with Gasteiger partial charge in [0.2, 0.25) is 10.0 Å². The minimum absolute atomic E-state index is 0.0952. The Morgan fingerprint density at radius 3 is 2.36 bits per heavy atom. The molecule has 0 saturated carbocycles. The first-order valence-corrected chi connectivity index (χ1v) is 12.2. The number of halogens is 1. The zero-order chi connectivity index (χ0) is 23.6. The number of ether oxygens (including phenoxy) is 2. The Morgan fingerprint density at radius 2 is 1.70 bits per heavy atom. The van der Waals surface area contributed by atoms with Crippen LogP contribution in [0.1, 0.15) is 23.3 Å². The van der Waals surface area contributed by atoms with Gasteiger partial charge in [0.25, 0.3) is 5.91 Å². The van der Waals surface area contributed by atoms with Crippen LogP contribution in [0.4, 0.5) is 5.69 Å². The molecule has 10 heteroatoms. The van der Waals surface area contributed by atoms with Gasteiger partial charge < -0.3 is 19.4 Å². The molecule has 0 radical (unpaired) electrons. The van der Waals surface area contributed by atoms with Gasteiger partial charge in [0.05, 0.1) is 12.8 Å². The molecule has 1 fully saturated rings. The summed E-state index contributed by atoms with van der Waals surface area (Å²) in [5, 5.41) is 3.20. The van der Waals surface area contributed by atoms with Gasteiger partial charge in [-0.3, -0.25) is 4.79 Å². The molecule has 1 aliphatic heterocycles. The first-order valence-electron chi connectivity index (χ1n) is 10.4. The lowest BCUT2D eigenvalue weighted by atomic mass is 10.2. The van der Waals surface area contributed by atoms with Crippen LogP contribution >= 0.6 is 11.6 Å². The topological polar surface area (TPSA) is 89.9 Å². The lowest BCUT2D eigenvalue weighted by molar-refractivity contribution is 0.101. The zero-order valence-electron chi connectivity index (χ0n) is 18.2. The van der Waals surface area contributed by atoms with Gasteiger partial charge in [-0.25, -0.2) is 8.42 Å². The molecule has 174 valence electrons. The van der Waals surface area contributed by atoms with E-state index in [0.717, 1.165) is 12.8 Å². The van der Waals surface area contributed by atoms with Gasteiger partial charge in [0.1, 0.15) is 22.1 Å². The van der Waals surface area contributed by atoms with Crippen LogP contribution in [0.5, 0.6) is 17.2 Å². The molecule has 3 aromatic rings. The number of aryl methyl sites for hydroxylation is 1. The number of nitrogens with one attached hydrogen (secondary N) is 1. The molecule has 0 atom stereocenters. The van der Waals surface area contributed by atoms with Gasteiger partial charge in [0.15, 0.2) is 5.75 Å². The molecule has 0 bridgehead atoms. The van der Waals surface area contributed by atoms with Gasteiger partial charge in [-0.2, -0.15) is 4.31 Å².